The third-order valence-electron chi connectivity index (χ3n) is 3.24. The van der Waals surface area contributed by atoms with E-state index in [4.69, 9.17) is 5.73 Å². The fourth-order valence-electron chi connectivity index (χ4n) is 2.05. The van der Waals surface area contributed by atoms with Crippen molar-refractivity contribution in [1.29, 1.82) is 0 Å². The standard InChI is InChI=1S/C11H14BrNO/c1-11(2)9(10(11)13)7-4-3-6(12)5-8(7)14/h3-5,9-10,14H,13H2,1-2H3/t9-,10-/m0/s1. The Morgan fingerprint density at radius 3 is 2.43 bits per heavy atom. The highest BCUT2D eigenvalue weighted by Crippen LogP contribution is 2.59. The van der Waals surface area contributed by atoms with Crippen molar-refractivity contribution in [3.63, 3.8) is 0 Å². The summed E-state index contributed by atoms with van der Waals surface area (Å²) in [6, 6.07) is 5.76. The van der Waals surface area contributed by atoms with Gasteiger partial charge in [0, 0.05) is 16.4 Å². The van der Waals surface area contributed by atoms with Gasteiger partial charge in [-0.25, -0.2) is 0 Å². The third kappa shape index (κ3) is 1.35. The van der Waals surface area contributed by atoms with Gasteiger partial charge in [0.05, 0.1) is 0 Å². The maximum Gasteiger partial charge on any atom is 0.120 e. The van der Waals surface area contributed by atoms with Crippen molar-refractivity contribution in [3.8, 4) is 5.75 Å². The van der Waals surface area contributed by atoms with E-state index in [0.29, 0.717) is 5.75 Å². The molecule has 0 spiro atoms. The molecular weight excluding hydrogens is 242 g/mol. The minimum absolute atomic E-state index is 0.116. The number of halogens is 1. The van der Waals surface area contributed by atoms with E-state index in [1.165, 1.54) is 0 Å². The first-order valence-electron chi connectivity index (χ1n) is 4.68. The molecule has 0 amide bonds. The predicted octanol–water partition coefficient (Wildman–Crippen LogP) is 2.61. The molecule has 3 heteroatoms. The fraction of sp³-hybridized carbons (Fsp3) is 0.455. The summed E-state index contributed by atoms with van der Waals surface area (Å²) in [6.07, 6.45) is 0. The molecule has 0 heterocycles. The summed E-state index contributed by atoms with van der Waals surface area (Å²) < 4.78 is 0.894. The molecule has 1 aromatic rings. The van der Waals surface area contributed by atoms with E-state index in [-0.39, 0.29) is 17.4 Å². The molecule has 76 valence electrons. The summed E-state index contributed by atoms with van der Waals surface area (Å²) in [5.74, 6) is 0.626. The maximum absolute atomic E-state index is 9.77. The van der Waals surface area contributed by atoms with E-state index in [1.54, 1.807) is 6.07 Å². The Bertz CT molecular complexity index is 376. The van der Waals surface area contributed by atoms with Gasteiger partial charge in [0.1, 0.15) is 5.75 Å². The Morgan fingerprint density at radius 2 is 2.00 bits per heavy atom. The summed E-state index contributed by atoms with van der Waals surface area (Å²) >= 11 is 3.32. The normalized spacial score (nSPS) is 28.9. The number of hydrogen-bond acceptors (Lipinski definition) is 2. The van der Waals surface area contributed by atoms with E-state index in [2.05, 4.69) is 29.8 Å². The Labute approximate surface area is 92.3 Å². The monoisotopic (exact) mass is 255 g/mol. The number of rotatable bonds is 1. The van der Waals surface area contributed by atoms with Gasteiger partial charge in [0.2, 0.25) is 0 Å². The molecule has 0 aliphatic heterocycles. The minimum Gasteiger partial charge on any atom is -0.508 e. The smallest absolute Gasteiger partial charge is 0.120 e. The summed E-state index contributed by atoms with van der Waals surface area (Å²) in [5.41, 5.74) is 7.04. The molecule has 1 saturated carbocycles. The summed E-state index contributed by atoms with van der Waals surface area (Å²) in [7, 11) is 0. The van der Waals surface area contributed by atoms with Crippen LogP contribution >= 0.6 is 15.9 Å². The second-order valence-electron chi connectivity index (χ2n) is 4.53. The lowest BCUT2D eigenvalue weighted by Gasteiger charge is -2.05. The predicted molar refractivity (Wildman–Crippen MR) is 60.3 cm³/mol. The Kier molecular flexibility index (Phi) is 2.12. The minimum atomic E-state index is 0.116. The van der Waals surface area contributed by atoms with Gasteiger partial charge in [0.15, 0.2) is 0 Å². The van der Waals surface area contributed by atoms with Crippen molar-refractivity contribution in [2.45, 2.75) is 25.8 Å². The van der Waals surface area contributed by atoms with Gasteiger partial charge in [-0.05, 0) is 23.1 Å². The first-order chi connectivity index (χ1) is 6.44. The molecule has 1 aliphatic rings. The van der Waals surface area contributed by atoms with E-state index in [0.717, 1.165) is 10.0 Å². The molecule has 0 aromatic heterocycles. The highest BCUT2D eigenvalue weighted by molar-refractivity contribution is 9.10. The Hall–Kier alpha value is -0.540. The second kappa shape index (κ2) is 2.97. The lowest BCUT2D eigenvalue weighted by molar-refractivity contribution is 0.464. The average Bonchev–Trinajstić information content (AvgIpc) is 2.54. The van der Waals surface area contributed by atoms with Crippen LogP contribution in [0.15, 0.2) is 22.7 Å². The van der Waals surface area contributed by atoms with Gasteiger partial charge in [-0.1, -0.05) is 35.8 Å². The van der Waals surface area contributed by atoms with E-state index < -0.39 is 0 Å². The topological polar surface area (TPSA) is 46.2 Å². The van der Waals surface area contributed by atoms with Crippen LogP contribution in [-0.2, 0) is 0 Å². The Morgan fingerprint density at radius 1 is 1.43 bits per heavy atom. The van der Waals surface area contributed by atoms with Gasteiger partial charge in [-0.2, -0.15) is 0 Å². The number of nitrogens with two attached hydrogens (primary N) is 1. The first kappa shape index (κ1) is 9.99. The molecule has 2 rings (SSSR count). The van der Waals surface area contributed by atoms with Gasteiger partial charge >= 0.3 is 0 Å². The molecule has 1 fully saturated rings. The molecule has 0 unspecified atom stereocenters. The van der Waals surface area contributed by atoms with Crippen LogP contribution in [0.5, 0.6) is 5.75 Å². The van der Waals surface area contributed by atoms with Gasteiger partial charge < -0.3 is 10.8 Å². The van der Waals surface area contributed by atoms with Crippen molar-refractivity contribution in [2.24, 2.45) is 11.1 Å². The zero-order valence-electron chi connectivity index (χ0n) is 8.29. The summed E-state index contributed by atoms with van der Waals surface area (Å²) in [6.45, 7) is 4.26. The lowest BCUT2D eigenvalue weighted by atomic mass is 10.0. The van der Waals surface area contributed by atoms with Crippen LogP contribution in [0.1, 0.15) is 25.3 Å². The fourth-order valence-corrected chi connectivity index (χ4v) is 2.40. The molecule has 0 bridgehead atoms. The maximum atomic E-state index is 9.77. The second-order valence-corrected chi connectivity index (χ2v) is 5.44. The van der Waals surface area contributed by atoms with Crippen LogP contribution in [0.4, 0.5) is 0 Å². The molecule has 14 heavy (non-hydrogen) atoms. The molecule has 0 radical (unpaired) electrons. The summed E-state index contributed by atoms with van der Waals surface area (Å²) in [5, 5.41) is 9.77. The number of hydrogen-bond donors (Lipinski definition) is 2. The van der Waals surface area contributed by atoms with Gasteiger partial charge in [0.25, 0.3) is 0 Å². The Balaban J connectivity index is 2.36. The van der Waals surface area contributed by atoms with Gasteiger partial charge in [-0.15, -0.1) is 0 Å². The summed E-state index contributed by atoms with van der Waals surface area (Å²) in [4.78, 5) is 0. The molecule has 3 N–H and O–H groups in total. The van der Waals surface area contributed by atoms with E-state index in [9.17, 15) is 5.11 Å². The van der Waals surface area contributed by atoms with Crippen LogP contribution in [0.2, 0.25) is 0 Å². The van der Waals surface area contributed by atoms with Crippen molar-refractivity contribution in [2.75, 3.05) is 0 Å². The van der Waals surface area contributed by atoms with Crippen LogP contribution in [0, 0.1) is 5.41 Å². The molecule has 2 atom stereocenters. The molecule has 2 nitrogen and oxygen atoms in total. The zero-order valence-corrected chi connectivity index (χ0v) is 9.88. The number of phenolic OH excluding ortho intramolecular Hbond substituents is 1. The van der Waals surface area contributed by atoms with Crippen molar-refractivity contribution < 1.29 is 5.11 Å². The van der Waals surface area contributed by atoms with Crippen LogP contribution in [0.3, 0.4) is 0 Å². The van der Waals surface area contributed by atoms with E-state index in [1.807, 2.05) is 12.1 Å². The van der Waals surface area contributed by atoms with E-state index >= 15 is 0 Å². The SMILES string of the molecule is CC1(C)[C@@H](N)[C@@H]1c1ccc(Br)cc1O. The third-order valence-corrected chi connectivity index (χ3v) is 3.73. The van der Waals surface area contributed by atoms with Crippen LogP contribution in [0.25, 0.3) is 0 Å². The highest BCUT2D eigenvalue weighted by Gasteiger charge is 2.56. The average molecular weight is 256 g/mol. The molecule has 1 aliphatic carbocycles. The quantitative estimate of drug-likeness (QED) is 0.811. The highest BCUT2D eigenvalue weighted by atomic mass is 79.9. The van der Waals surface area contributed by atoms with Crippen molar-refractivity contribution >= 4 is 15.9 Å². The zero-order chi connectivity index (χ0) is 10.5. The molecule has 1 aromatic carbocycles. The van der Waals surface area contributed by atoms with Gasteiger partial charge in [-0.3, -0.25) is 0 Å². The van der Waals surface area contributed by atoms with Crippen LogP contribution < -0.4 is 5.73 Å². The number of benzene rings is 1. The molecule has 0 saturated heterocycles. The first-order valence-corrected chi connectivity index (χ1v) is 5.48. The van der Waals surface area contributed by atoms with Crippen molar-refractivity contribution in [3.05, 3.63) is 28.2 Å². The number of aromatic hydroxyl groups is 1. The van der Waals surface area contributed by atoms with Crippen molar-refractivity contribution in [1.82, 2.24) is 0 Å². The lowest BCUT2D eigenvalue weighted by Crippen LogP contribution is -2.06. The number of phenols is 1. The molecular formula is C11H14BrNO. The van der Waals surface area contributed by atoms with Crippen LogP contribution in [-0.4, -0.2) is 11.1 Å². The largest absolute Gasteiger partial charge is 0.508 e.